The molecule has 2 aromatic rings. The molecule has 0 fully saturated rings. The van der Waals surface area contributed by atoms with Crippen LogP contribution in [0.3, 0.4) is 0 Å². The monoisotopic (exact) mass is 373 g/mol. The third-order valence-electron chi connectivity index (χ3n) is 4.44. The second kappa shape index (κ2) is 10.5. The lowest BCUT2D eigenvalue weighted by molar-refractivity contribution is 0.00551. The van der Waals surface area contributed by atoms with Crippen molar-refractivity contribution < 1.29 is 14.2 Å². The summed E-state index contributed by atoms with van der Waals surface area (Å²) in [6.45, 7) is 11.2. The third kappa shape index (κ3) is 7.79. The maximum Gasteiger partial charge on any atom is 0.123 e. The van der Waals surface area contributed by atoms with Gasteiger partial charge in [0.2, 0.25) is 0 Å². The van der Waals surface area contributed by atoms with Gasteiger partial charge in [0.05, 0.1) is 12.7 Å². The number of benzene rings is 2. The quantitative estimate of drug-likeness (QED) is 0.667. The molecule has 0 aliphatic carbocycles. The van der Waals surface area contributed by atoms with Gasteiger partial charge in [0.25, 0.3) is 0 Å². The van der Waals surface area contributed by atoms with Crippen LogP contribution >= 0.6 is 0 Å². The summed E-state index contributed by atoms with van der Waals surface area (Å²) in [4.78, 5) is 2.19. The first-order valence-corrected chi connectivity index (χ1v) is 9.62. The van der Waals surface area contributed by atoms with Gasteiger partial charge in [-0.05, 0) is 48.6 Å². The minimum atomic E-state index is -0.560. The smallest absolute Gasteiger partial charge is 0.123 e. The molecule has 0 unspecified atom stereocenters. The molecule has 0 saturated heterocycles. The lowest BCUT2D eigenvalue weighted by Gasteiger charge is -2.26. The molecule has 0 aromatic heterocycles. The Kier molecular flexibility index (Phi) is 8.42. The van der Waals surface area contributed by atoms with Crippen LogP contribution in [0.15, 0.2) is 42.5 Å². The topological polar surface area (TPSA) is 32.7 Å². The van der Waals surface area contributed by atoms with Crippen molar-refractivity contribution in [1.82, 2.24) is 4.90 Å². The van der Waals surface area contributed by atoms with Crippen molar-refractivity contribution in [2.24, 2.45) is 5.92 Å². The molecule has 2 aromatic carbocycles. The Hall–Kier alpha value is -1.75. The molecule has 1 atom stereocenters. The highest BCUT2D eigenvalue weighted by molar-refractivity contribution is 5.30. The van der Waals surface area contributed by atoms with Gasteiger partial charge >= 0.3 is 0 Å². The molecule has 0 aliphatic heterocycles. The highest BCUT2D eigenvalue weighted by atomic mass is 19.1. The van der Waals surface area contributed by atoms with Crippen molar-refractivity contribution in [3.05, 3.63) is 70.5 Å². The number of aliphatic hydroxyl groups is 1. The van der Waals surface area contributed by atoms with Crippen LogP contribution in [0.5, 0.6) is 0 Å². The molecule has 0 aliphatic rings. The zero-order chi connectivity index (χ0) is 19.8. The van der Waals surface area contributed by atoms with Gasteiger partial charge in [0, 0.05) is 26.2 Å². The number of rotatable bonds is 10. The molecule has 148 valence electrons. The Balaban J connectivity index is 2.06. The number of hydrogen-bond acceptors (Lipinski definition) is 3. The van der Waals surface area contributed by atoms with Gasteiger partial charge in [-0.3, -0.25) is 4.90 Å². The average molecular weight is 374 g/mol. The van der Waals surface area contributed by atoms with E-state index in [1.54, 1.807) is 12.1 Å². The number of ether oxygens (including phenoxy) is 1. The SMILES string of the molecule is Cc1ccc(CN(Cc2ccc(F)cc2)C[C@H](O)COCC(C)C)c(C)c1. The predicted octanol–water partition coefficient (Wildman–Crippen LogP) is 4.48. The minimum Gasteiger partial charge on any atom is -0.389 e. The van der Waals surface area contributed by atoms with E-state index in [9.17, 15) is 9.50 Å². The van der Waals surface area contributed by atoms with E-state index in [4.69, 9.17) is 4.74 Å². The van der Waals surface area contributed by atoms with Gasteiger partial charge in [-0.25, -0.2) is 4.39 Å². The van der Waals surface area contributed by atoms with Crippen LogP contribution < -0.4 is 0 Å². The molecule has 0 spiro atoms. The van der Waals surface area contributed by atoms with E-state index in [0.717, 1.165) is 12.1 Å². The predicted molar refractivity (Wildman–Crippen MR) is 108 cm³/mol. The second-order valence-electron chi connectivity index (χ2n) is 7.81. The number of aryl methyl sites for hydroxylation is 2. The van der Waals surface area contributed by atoms with Crippen molar-refractivity contribution in [3.63, 3.8) is 0 Å². The fourth-order valence-electron chi connectivity index (χ4n) is 3.09. The fourth-order valence-corrected chi connectivity index (χ4v) is 3.09. The Morgan fingerprint density at radius 2 is 1.70 bits per heavy atom. The largest absolute Gasteiger partial charge is 0.389 e. The number of halogens is 1. The van der Waals surface area contributed by atoms with Gasteiger partial charge in [-0.2, -0.15) is 0 Å². The Labute approximate surface area is 162 Å². The minimum absolute atomic E-state index is 0.234. The zero-order valence-electron chi connectivity index (χ0n) is 16.9. The molecule has 0 radical (unpaired) electrons. The van der Waals surface area contributed by atoms with Gasteiger partial charge in [0.1, 0.15) is 5.82 Å². The van der Waals surface area contributed by atoms with Crippen LogP contribution in [-0.2, 0) is 17.8 Å². The first kappa shape index (κ1) is 21.5. The second-order valence-corrected chi connectivity index (χ2v) is 7.81. The Morgan fingerprint density at radius 3 is 2.33 bits per heavy atom. The first-order chi connectivity index (χ1) is 12.8. The van der Waals surface area contributed by atoms with Crippen LogP contribution in [0.4, 0.5) is 4.39 Å². The highest BCUT2D eigenvalue weighted by Crippen LogP contribution is 2.16. The number of hydrogen-bond donors (Lipinski definition) is 1. The van der Waals surface area contributed by atoms with Crippen molar-refractivity contribution in [2.45, 2.75) is 46.9 Å². The molecule has 0 heterocycles. The molecule has 0 amide bonds. The van der Waals surface area contributed by atoms with E-state index < -0.39 is 6.10 Å². The van der Waals surface area contributed by atoms with Crippen LogP contribution in [0, 0.1) is 25.6 Å². The maximum absolute atomic E-state index is 13.2. The van der Waals surface area contributed by atoms with Crippen molar-refractivity contribution in [1.29, 1.82) is 0 Å². The normalized spacial score (nSPS) is 12.7. The molecule has 2 rings (SSSR count). The molecular weight excluding hydrogens is 341 g/mol. The van der Waals surface area contributed by atoms with Gasteiger partial charge < -0.3 is 9.84 Å². The lowest BCUT2D eigenvalue weighted by Crippen LogP contribution is -2.34. The average Bonchev–Trinajstić information content (AvgIpc) is 2.59. The molecule has 0 saturated carbocycles. The van der Waals surface area contributed by atoms with E-state index in [-0.39, 0.29) is 5.82 Å². The Morgan fingerprint density at radius 1 is 1.00 bits per heavy atom. The van der Waals surface area contributed by atoms with Gasteiger partial charge in [-0.15, -0.1) is 0 Å². The van der Waals surface area contributed by atoms with E-state index in [2.05, 4.69) is 50.8 Å². The number of nitrogens with zero attached hydrogens (tertiary/aromatic N) is 1. The lowest BCUT2D eigenvalue weighted by atomic mass is 10.0. The molecule has 4 heteroatoms. The van der Waals surface area contributed by atoms with Crippen LogP contribution in [-0.4, -0.2) is 35.9 Å². The van der Waals surface area contributed by atoms with Gasteiger partial charge in [-0.1, -0.05) is 49.7 Å². The summed E-state index contributed by atoms with van der Waals surface area (Å²) >= 11 is 0. The summed E-state index contributed by atoms with van der Waals surface area (Å²) in [5, 5.41) is 10.4. The standard InChI is InChI=1S/C23H32FNO2/c1-17(2)15-27-16-23(26)14-25(12-20-6-9-22(24)10-7-20)13-21-8-5-18(3)11-19(21)4/h5-11,17,23,26H,12-16H2,1-4H3/t23-/m0/s1. The summed E-state index contributed by atoms with van der Waals surface area (Å²) in [6.07, 6.45) is -0.560. The zero-order valence-corrected chi connectivity index (χ0v) is 16.9. The number of aliphatic hydroxyl groups excluding tert-OH is 1. The van der Waals surface area contributed by atoms with Crippen LogP contribution in [0.1, 0.15) is 36.1 Å². The van der Waals surface area contributed by atoms with Gasteiger partial charge in [0.15, 0.2) is 0 Å². The summed E-state index contributed by atoms with van der Waals surface area (Å²) < 4.78 is 18.8. The van der Waals surface area contributed by atoms with Crippen LogP contribution in [0.2, 0.25) is 0 Å². The summed E-state index contributed by atoms with van der Waals surface area (Å²) in [5.74, 6) is 0.213. The summed E-state index contributed by atoms with van der Waals surface area (Å²) in [5.41, 5.74) is 4.74. The Bertz CT molecular complexity index is 700. The fraction of sp³-hybridized carbons (Fsp3) is 0.478. The molecule has 1 N–H and O–H groups in total. The molecule has 0 bridgehead atoms. The van der Waals surface area contributed by atoms with Crippen molar-refractivity contribution in [2.75, 3.05) is 19.8 Å². The molecule has 3 nitrogen and oxygen atoms in total. The summed E-state index contributed by atoms with van der Waals surface area (Å²) in [6, 6.07) is 13.0. The van der Waals surface area contributed by atoms with E-state index in [1.807, 2.05) is 0 Å². The first-order valence-electron chi connectivity index (χ1n) is 9.62. The highest BCUT2D eigenvalue weighted by Gasteiger charge is 2.15. The van der Waals surface area contributed by atoms with E-state index in [1.165, 1.54) is 28.8 Å². The van der Waals surface area contributed by atoms with Crippen molar-refractivity contribution >= 4 is 0 Å². The summed E-state index contributed by atoms with van der Waals surface area (Å²) in [7, 11) is 0. The molecular formula is C23H32FNO2. The molecule has 27 heavy (non-hydrogen) atoms. The maximum atomic E-state index is 13.2. The van der Waals surface area contributed by atoms with E-state index >= 15 is 0 Å². The van der Waals surface area contributed by atoms with E-state index in [0.29, 0.717) is 32.2 Å². The third-order valence-corrected chi connectivity index (χ3v) is 4.44. The van der Waals surface area contributed by atoms with Crippen LogP contribution in [0.25, 0.3) is 0 Å². The van der Waals surface area contributed by atoms with Crippen molar-refractivity contribution in [3.8, 4) is 0 Å².